The zero-order valence-electron chi connectivity index (χ0n) is 21.2. The van der Waals surface area contributed by atoms with Gasteiger partial charge in [0.25, 0.3) is 0 Å². The molecule has 0 aliphatic carbocycles. The number of pyridine rings is 1. The molecule has 5 rings (SSSR count). The SMILES string of the molecule is Cc1cc(N2CCC2)c2ccc(O)c(-c3ccc(N(C)C4CC(C)(C)NC(C)(C)C4)nn3)c2n1. The first kappa shape index (κ1) is 22.8. The van der Waals surface area contributed by atoms with E-state index in [9.17, 15) is 5.11 Å². The molecule has 34 heavy (non-hydrogen) atoms. The highest BCUT2D eigenvalue weighted by Crippen LogP contribution is 2.40. The summed E-state index contributed by atoms with van der Waals surface area (Å²) in [5.41, 5.74) is 4.28. The molecule has 2 saturated heterocycles. The largest absolute Gasteiger partial charge is 0.507 e. The average molecular weight is 461 g/mol. The number of phenolic OH excluding ortho intramolecular Hbond substituents is 1. The van der Waals surface area contributed by atoms with Gasteiger partial charge in [0.2, 0.25) is 0 Å². The molecule has 0 atom stereocenters. The molecule has 2 aromatic heterocycles. The fraction of sp³-hybridized carbons (Fsp3) is 0.519. The lowest BCUT2D eigenvalue weighted by Crippen LogP contribution is -2.62. The molecule has 0 bridgehead atoms. The Morgan fingerprint density at radius 3 is 2.32 bits per heavy atom. The number of nitrogens with zero attached hydrogens (tertiary/aromatic N) is 5. The summed E-state index contributed by atoms with van der Waals surface area (Å²) in [6.07, 6.45) is 3.27. The highest BCUT2D eigenvalue weighted by Gasteiger charge is 2.39. The predicted octanol–water partition coefficient (Wildman–Crippen LogP) is 4.66. The topological polar surface area (TPSA) is 77.4 Å². The summed E-state index contributed by atoms with van der Waals surface area (Å²) in [6.45, 7) is 13.2. The van der Waals surface area contributed by atoms with E-state index in [1.54, 1.807) is 6.07 Å². The number of aryl methyl sites for hydroxylation is 1. The minimum absolute atomic E-state index is 0.0560. The molecule has 2 aliphatic rings. The third-order valence-corrected chi connectivity index (χ3v) is 7.25. The Hall–Kier alpha value is -2.93. The molecular weight excluding hydrogens is 424 g/mol. The summed E-state index contributed by atoms with van der Waals surface area (Å²) in [4.78, 5) is 9.41. The van der Waals surface area contributed by atoms with Crippen LogP contribution in [-0.2, 0) is 0 Å². The van der Waals surface area contributed by atoms with Gasteiger partial charge in [-0.3, -0.25) is 4.98 Å². The Morgan fingerprint density at radius 2 is 1.74 bits per heavy atom. The number of benzene rings is 1. The van der Waals surface area contributed by atoms with Gasteiger partial charge in [-0.25, -0.2) is 0 Å². The molecule has 0 amide bonds. The second-order valence-electron chi connectivity index (χ2n) is 11.3. The molecule has 0 unspecified atom stereocenters. The van der Waals surface area contributed by atoms with Crippen molar-refractivity contribution in [2.24, 2.45) is 0 Å². The number of aromatic nitrogens is 3. The van der Waals surface area contributed by atoms with Crippen LogP contribution in [0.25, 0.3) is 22.2 Å². The molecule has 1 aromatic carbocycles. The van der Waals surface area contributed by atoms with Gasteiger partial charge < -0.3 is 20.2 Å². The van der Waals surface area contributed by atoms with Crippen LogP contribution < -0.4 is 15.1 Å². The molecule has 4 heterocycles. The van der Waals surface area contributed by atoms with Crippen molar-refractivity contribution in [2.45, 2.75) is 71.0 Å². The standard InChI is InChI=1S/C27H36N6O/c1-17-14-21(33-12-7-13-33)19-8-10-22(34)24(25(19)28-17)20-9-11-23(30-29-20)32(6)18-15-26(2,3)31-27(4,5)16-18/h8-11,14,18,31,34H,7,12-13,15-16H2,1-6H3. The van der Waals surface area contributed by atoms with Crippen molar-refractivity contribution in [3.8, 4) is 17.0 Å². The summed E-state index contributed by atoms with van der Waals surface area (Å²) in [7, 11) is 2.10. The minimum Gasteiger partial charge on any atom is -0.507 e. The molecule has 180 valence electrons. The summed E-state index contributed by atoms with van der Waals surface area (Å²) in [5.74, 6) is 1.02. The van der Waals surface area contributed by atoms with Crippen LogP contribution in [0.1, 0.15) is 52.7 Å². The van der Waals surface area contributed by atoms with Crippen LogP contribution >= 0.6 is 0 Å². The van der Waals surface area contributed by atoms with E-state index in [1.165, 1.54) is 12.1 Å². The van der Waals surface area contributed by atoms with Crippen molar-refractivity contribution in [2.75, 3.05) is 29.9 Å². The van der Waals surface area contributed by atoms with Crippen molar-refractivity contribution in [1.29, 1.82) is 0 Å². The number of fused-ring (bicyclic) bond motifs is 1. The highest BCUT2D eigenvalue weighted by atomic mass is 16.3. The van der Waals surface area contributed by atoms with Crippen LogP contribution in [0.5, 0.6) is 5.75 Å². The highest BCUT2D eigenvalue weighted by molar-refractivity contribution is 6.02. The smallest absolute Gasteiger partial charge is 0.151 e. The number of aromatic hydroxyl groups is 1. The number of anilines is 2. The second-order valence-corrected chi connectivity index (χ2v) is 11.3. The first-order chi connectivity index (χ1) is 16.0. The Balaban J connectivity index is 1.50. The van der Waals surface area contributed by atoms with Crippen molar-refractivity contribution < 1.29 is 5.11 Å². The number of nitrogens with one attached hydrogen (secondary N) is 1. The van der Waals surface area contributed by atoms with Gasteiger partial charge in [0.1, 0.15) is 5.75 Å². The van der Waals surface area contributed by atoms with Crippen LogP contribution in [0.3, 0.4) is 0 Å². The molecule has 0 saturated carbocycles. The molecular formula is C27H36N6O. The summed E-state index contributed by atoms with van der Waals surface area (Å²) in [5, 5.41) is 24.8. The van der Waals surface area contributed by atoms with Crippen molar-refractivity contribution in [1.82, 2.24) is 20.5 Å². The van der Waals surface area contributed by atoms with Crippen molar-refractivity contribution >= 4 is 22.4 Å². The maximum atomic E-state index is 10.8. The van der Waals surface area contributed by atoms with Gasteiger partial charge in [-0.2, -0.15) is 0 Å². The normalized spacial score (nSPS) is 19.8. The molecule has 2 aliphatic heterocycles. The number of rotatable bonds is 4. The number of phenols is 1. The third kappa shape index (κ3) is 4.17. The van der Waals surface area contributed by atoms with Gasteiger partial charge in [-0.15, -0.1) is 10.2 Å². The van der Waals surface area contributed by atoms with E-state index < -0.39 is 0 Å². The molecule has 0 radical (unpaired) electrons. The lowest BCUT2D eigenvalue weighted by Gasteiger charge is -2.49. The lowest BCUT2D eigenvalue weighted by atomic mass is 9.79. The molecule has 3 aromatic rings. The number of piperidine rings is 1. The summed E-state index contributed by atoms with van der Waals surface area (Å²) >= 11 is 0. The van der Waals surface area contributed by atoms with E-state index >= 15 is 0 Å². The molecule has 2 N–H and O–H groups in total. The summed E-state index contributed by atoms with van der Waals surface area (Å²) < 4.78 is 0. The van der Waals surface area contributed by atoms with Gasteiger partial charge in [0.15, 0.2) is 5.82 Å². The maximum Gasteiger partial charge on any atom is 0.151 e. The van der Waals surface area contributed by atoms with Gasteiger partial charge >= 0.3 is 0 Å². The Kier molecular flexibility index (Phi) is 5.43. The van der Waals surface area contributed by atoms with E-state index in [-0.39, 0.29) is 16.8 Å². The van der Waals surface area contributed by atoms with E-state index in [1.807, 2.05) is 25.1 Å². The lowest BCUT2D eigenvalue weighted by molar-refractivity contribution is 0.160. The Labute approximate surface area is 202 Å². The fourth-order valence-corrected chi connectivity index (χ4v) is 5.83. The van der Waals surface area contributed by atoms with Crippen LogP contribution in [0.4, 0.5) is 11.5 Å². The molecule has 7 nitrogen and oxygen atoms in total. The van der Waals surface area contributed by atoms with Gasteiger partial charge in [0, 0.05) is 54.0 Å². The third-order valence-electron chi connectivity index (χ3n) is 7.25. The van der Waals surface area contributed by atoms with E-state index in [4.69, 9.17) is 4.98 Å². The quantitative estimate of drug-likeness (QED) is 0.586. The zero-order chi connectivity index (χ0) is 24.3. The van der Waals surface area contributed by atoms with Crippen LogP contribution in [0.2, 0.25) is 0 Å². The fourth-order valence-electron chi connectivity index (χ4n) is 5.83. The van der Waals surface area contributed by atoms with Crippen molar-refractivity contribution in [3.05, 3.63) is 36.0 Å². The number of hydrogen-bond donors (Lipinski definition) is 2. The first-order valence-electron chi connectivity index (χ1n) is 12.3. The van der Waals surface area contributed by atoms with E-state index in [0.717, 1.165) is 48.3 Å². The zero-order valence-corrected chi connectivity index (χ0v) is 21.2. The molecule has 0 spiro atoms. The predicted molar refractivity (Wildman–Crippen MR) is 139 cm³/mol. The molecule has 2 fully saturated rings. The number of hydrogen-bond acceptors (Lipinski definition) is 7. The first-order valence-corrected chi connectivity index (χ1v) is 12.3. The molecule has 7 heteroatoms. The average Bonchev–Trinajstić information content (AvgIpc) is 2.69. The maximum absolute atomic E-state index is 10.8. The monoisotopic (exact) mass is 460 g/mol. The second kappa shape index (κ2) is 8.08. The minimum atomic E-state index is 0.0560. The summed E-state index contributed by atoms with van der Waals surface area (Å²) in [6, 6.07) is 10.2. The van der Waals surface area contributed by atoms with E-state index in [0.29, 0.717) is 17.3 Å². The van der Waals surface area contributed by atoms with Crippen LogP contribution in [-0.4, -0.2) is 57.5 Å². The van der Waals surface area contributed by atoms with Crippen LogP contribution in [0, 0.1) is 6.92 Å². The van der Waals surface area contributed by atoms with E-state index in [2.05, 4.69) is 66.1 Å². The van der Waals surface area contributed by atoms with Gasteiger partial charge in [0.05, 0.1) is 16.8 Å². The Morgan fingerprint density at radius 1 is 1.03 bits per heavy atom. The van der Waals surface area contributed by atoms with Gasteiger partial charge in [-0.1, -0.05) is 0 Å². The van der Waals surface area contributed by atoms with Crippen molar-refractivity contribution in [3.63, 3.8) is 0 Å². The van der Waals surface area contributed by atoms with Gasteiger partial charge in [-0.05, 0) is 84.2 Å². The van der Waals surface area contributed by atoms with Crippen LogP contribution in [0.15, 0.2) is 30.3 Å². The Bertz CT molecular complexity index is 1200.